The van der Waals surface area contributed by atoms with Crippen molar-refractivity contribution in [2.24, 2.45) is 5.92 Å². The number of fused-ring (bicyclic) bond motifs is 1. The number of likely N-dealkylation sites (N-methyl/N-ethyl adjacent to an activating group) is 1. The molecule has 1 aliphatic rings. The summed E-state index contributed by atoms with van der Waals surface area (Å²) in [5.74, 6) is -0.347. The maximum absolute atomic E-state index is 13.7. The second-order valence-electron chi connectivity index (χ2n) is 9.80. The fourth-order valence-corrected chi connectivity index (χ4v) is 7.67. The Labute approximate surface area is 244 Å². The minimum atomic E-state index is -3.99. The highest BCUT2D eigenvalue weighted by Crippen LogP contribution is 2.36. The van der Waals surface area contributed by atoms with Gasteiger partial charge in [-0.05, 0) is 54.8 Å². The van der Waals surface area contributed by atoms with E-state index in [0.717, 1.165) is 15.6 Å². The summed E-state index contributed by atoms with van der Waals surface area (Å²) in [6.07, 6.45) is -0.791. The summed E-state index contributed by atoms with van der Waals surface area (Å²) in [6.45, 7) is 3.29. The second-order valence-corrected chi connectivity index (χ2v) is 14.7. The second kappa shape index (κ2) is 12.4. The minimum absolute atomic E-state index is 0.0143. The first-order valence-electron chi connectivity index (χ1n) is 12.8. The van der Waals surface area contributed by atoms with Gasteiger partial charge in [0.2, 0.25) is 10.0 Å². The van der Waals surface area contributed by atoms with Gasteiger partial charge in [0.1, 0.15) is 16.1 Å². The molecule has 1 amide bonds. The zero-order valence-corrected chi connectivity index (χ0v) is 25.5. The van der Waals surface area contributed by atoms with E-state index in [4.69, 9.17) is 9.47 Å². The van der Waals surface area contributed by atoms with Gasteiger partial charge in [-0.15, -0.1) is 11.3 Å². The summed E-state index contributed by atoms with van der Waals surface area (Å²) >= 11 is 1.04. The van der Waals surface area contributed by atoms with E-state index in [1.165, 1.54) is 55.5 Å². The van der Waals surface area contributed by atoms with Gasteiger partial charge in [0, 0.05) is 19.5 Å². The van der Waals surface area contributed by atoms with Crippen LogP contribution in [0.25, 0.3) is 0 Å². The first-order valence-corrected chi connectivity index (χ1v) is 16.6. The van der Waals surface area contributed by atoms with Crippen molar-refractivity contribution in [1.82, 2.24) is 9.21 Å². The highest BCUT2D eigenvalue weighted by molar-refractivity contribution is 7.94. The van der Waals surface area contributed by atoms with E-state index in [2.05, 4.69) is 4.72 Å². The molecular weight excluding hydrogens is 591 g/mol. The van der Waals surface area contributed by atoms with E-state index in [0.29, 0.717) is 5.75 Å². The standard InChI is InChI=1S/C27H33N3O8S3/c1-18-15-30(19(2)17-31)27(32)22-7-5-8-23(28-40(33,34)25-9-6-14-39-25)26(22)38-24(18)16-29(3)41(35,36)21-12-10-20(37-4)11-13-21/h5-14,18-19,24,28,31H,15-17H2,1-4H3/t18-,19-,24-/m0/s1. The average molecular weight is 624 g/mol. The zero-order chi connectivity index (χ0) is 29.9. The molecule has 2 N–H and O–H groups in total. The molecule has 0 saturated carbocycles. The lowest BCUT2D eigenvalue weighted by Crippen LogP contribution is -2.50. The molecule has 41 heavy (non-hydrogen) atoms. The number of thiophene rings is 1. The van der Waals surface area contributed by atoms with E-state index in [-0.39, 0.29) is 45.8 Å². The Morgan fingerprint density at radius 1 is 1.15 bits per heavy atom. The number of hydrogen-bond donors (Lipinski definition) is 2. The maximum atomic E-state index is 13.7. The van der Waals surface area contributed by atoms with Crippen molar-refractivity contribution in [3.8, 4) is 11.5 Å². The van der Waals surface area contributed by atoms with Gasteiger partial charge in [-0.1, -0.05) is 19.1 Å². The summed E-state index contributed by atoms with van der Waals surface area (Å²) in [5, 5.41) is 11.5. The Morgan fingerprint density at radius 2 is 1.85 bits per heavy atom. The van der Waals surface area contributed by atoms with Crippen LogP contribution >= 0.6 is 11.3 Å². The number of amides is 1. The fourth-order valence-electron chi connectivity index (χ4n) is 4.43. The Morgan fingerprint density at radius 3 is 2.46 bits per heavy atom. The van der Waals surface area contributed by atoms with Crippen molar-refractivity contribution < 1.29 is 36.2 Å². The largest absolute Gasteiger partial charge is 0.497 e. The molecule has 0 radical (unpaired) electrons. The number of para-hydroxylation sites is 1. The molecule has 2 heterocycles. The number of rotatable bonds is 10. The van der Waals surface area contributed by atoms with Crippen molar-refractivity contribution in [2.45, 2.75) is 35.1 Å². The molecule has 3 atom stereocenters. The predicted octanol–water partition coefficient (Wildman–Crippen LogP) is 3.10. The van der Waals surface area contributed by atoms with Gasteiger partial charge in [-0.25, -0.2) is 16.8 Å². The molecule has 0 unspecified atom stereocenters. The van der Waals surface area contributed by atoms with Crippen LogP contribution in [0, 0.1) is 5.92 Å². The highest BCUT2D eigenvalue weighted by atomic mass is 32.2. The van der Waals surface area contributed by atoms with Crippen molar-refractivity contribution in [3.05, 3.63) is 65.5 Å². The maximum Gasteiger partial charge on any atom is 0.271 e. The van der Waals surface area contributed by atoms with Crippen molar-refractivity contribution in [2.75, 3.05) is 38.6 Å². The van der Waals surface area contributed by atoms with Crippen molar-refractivity contribution >= 4 is 43.0 Å². The molecule has 1 aromatic heterocycles. The Bertz CT molecular complexity index is 1580. The normalized spacial score (nSPS) is 18.7. The number of ether oxygens (including phenoxy) is 2. The molecule has 4 rings (SSSR count). The van der Waals surface area contributed by atoms with Crippen LogP contribution in [-0.4, -0.2) is 83.1 Å². The number of carbonyl (C=O) groups is 1. The molecule has 0 saturated heterocycles. The minimum Gasteiger partial charge on any atom is -0.497 e. The summed E-state index contributed by atoms with van der Waals surface area (Å²) in [6, 6.07) is 13.1. The third-order valence-corrected chi connectivity index (χ3v) is 11.5. The number of nitrogens with one attached hydrogen (secondary N) is 1. The molecule has 14 heteroatoms. The van der Waals surface area contributed by atoms with Crippen molar-refractivity contribution in [3.63, 3.8) is 0 Å². The third-order valence-electron chi connectivity index (χ3n) is 6.90. The number of methoxy groups -OCH3 is 1. The molecule has 222 valence electrons. The van der Waals surface area contributed by atoms with Crippen LogP contribution in [0.4, 0.5) is 5.69 Å². The number of hydrogen-bond acceptors (Lipinski definition) is 9. The average Bonchev–Trinajstić information content (AvgIpc) is 3.51. The molecule has 1 aliphatic heterocycles. The first kappa shape index (κ1) is 30.8. The lowest BCUT2D eigenvalue weighted by molar-refractivity contribution is 0.0389. The quantitative estimate of drug-likeness (QED) is 0.351. The first-order chi connectivity index (χ1) is 19.4. The van der Waals surface area contributed by atoms with Gasteiger partial charge >= 0.3 is 0 Å². The Kier molecular flexibility index (Phi) is 9.29. The zero-order valence-electron chi connectivity index (χ0n) is 23.1. The summed E-state index contributed by atoms with van der Waals surface area (Å²) in [7, 11) is -5.00. The number of benzene rings is 2. The van der Waals surface area contributed by atoms with Gasteiger partial charge in [0.25, 0.3) is 15.9 Å². The number of carbonyl (C=O) groups excluding carboxylic acids is 1. The van der Waals surface area contributed by atoms with Crippen LogP contribution < -0.4 is 14.2 Å². The van der Waals surface area contributed by atoms with Crippen LogP contribution in [0.5, 0.6) is 11.5 Å². The van der Waals surface area contributed by atoms with Crippen LogP contribution in [0.1, 0.15) is 24.2 Å². The molecule has 0 aliphatic carbocycles. The number of nitrogens with zero attached hydrogens (tertiary/aromatic N) is 2. The SMILES string of the molecule is COc1ccc(S(=O)(=O)N(C)C[C@@H]2Oc3c(NS(=O)(=O)c4cccs4)cccc3C(=O)N([C@@H](C)CO)C[C@@H]2C)cc1. The van der Waals surface area contributed by atoms with Gasteiger partial charge in [0.15, 0.2) is 5.75 Å². The number of aliphatic hydroxyl groups is 1. The van der Waals surface area contributed by atoms with E-state index >= 15 is 0 Å². The summed E-state index contributed by atoms with van der Waals surface area (Å²) < 4.78 is 68.2. The lowest BCUT2D eigenvalue weighted by atomic mass is 9.99. The molecule has 2 aromatic carbocycles. The predicted molar refractivity (Wildman–Crippen MR) is 156 cm³/mol. The summed E-state index contributed by atoms with van der Waals surface area (Å²) in [4.78, 5) is 15.2. The van der Waals surface area contributed by atoms with Gasteiger partial charge < -0.3 is 19.5 Å². The molecule has 0 spiro atoms. The van der Waals surface area contributed by atoms with E-state index in [9.17, 15) is 26.7 Å². The fraction of sp³-hybridized carbons (Fsp3) is 0.370. The van der Waals surface area contributed by atoms with Gasteiger partial charge in [-0.3, -0.25) is 9.52 Å². The number of sulfonamides is 2. The smallest absolute Gasteiger partial charge is 0.271 e. The van der Waals surface area contributed by atoms with Gasteiger partial charge in [-0.2, -0.15) is 4.31 Å². The molecule has 3 aromatic rings. The van der Waals surface area contributed by atoms with E-state index in [1.54, 1.807) is 30.5 Å². The third kappa shape index (κ3) is 6.51. The van der Waals surface area contributed by atoms with Crippen molar-refractivity contribution in [1.29, 1.82) is 0 Å². The summed E-state index contributed by atoms with van der Waals surface area (Å²) in [5.41, 5.74) is 0.134. The molecule has 0 fully saturated rings. The topological polar surface area (TPSA) is 143 Å². The van der Waals surface area contributed by atoms with Crippen LogP contribution in [-0.2, 0) is 20.0 Å². The van der Waals surface area contributed by atoms with Gasteiger partial charge in [0.05, 0.1) is 42.4 Å². The Balaban J connectivity index is 1.74. The van der Waals surface area contributed by atoms with E-state index in [1.807, 2.05) is 6.92 Å². The highest BCUT2D eigenvalue weighted by Gasteiger charge is 2.36. The lowest BCUT2D eigenvalue weighted by Gasteiger charge is -2.38. The molecular formula is C27H33N3O8S3. The number of anilines is 1. The van der Waals surface area contributed by atoms with Crippen LogP contribution in [0.3, 0.4) is 0 Å². The van der Waals surface area contributed by atoms with Crippen LogP contribution in [0.2, 0.25) is 0 Å². The Hall–Kier alpha value is -3.17. The number of aliphatic hydroxyl groups excluding tert-OH is 1. The molecule has 11 nitrogen and oxygen atoms in total. The monoisotopic (exact) mass is 623 g/mol. The van der Waals surface area contributed by atoms with Crippen LogP contribution in [0.15, 0.2) is 69.1 Å². The van der Waals surface area contributed by atoms with E-state index < -0.39 is 44.0 Å². The molecule has 0 bridgehead atoms.